The average Bonchev–Trinajstić information content (AvgIpc) is 3.18. The third-order valence-corrected chi connectivity index (χ3v) is 4.98. The minimum absolute atomic E-state index is 0. The van der Waals surface area contributed by atoms with Crippen molar-refractivity contribution in [3.05, 3.63) is 57.8 Å². The molecule has 0 spiro atoms. The van der Waals surface area contributed by atoms with Crippen LogP contribution in [0.5, 0.6) is 0 Å². The first-order chi connectivity index (χ1) is 12.6. The lowest BCUT2D eigenvalue weighted by Crippen LogP contribution is -2.40. The van der Waals surface area contributed by atoms with Crippen LogP contribution in [0.1, 0.15) is 27.7 Å². The molecule has 27 heavy (non-hydrogen) atoms. The van der Waals surface area contributed by atoms with Gasteiger partial charge in [-0.3, -0.25) is 9.79 Å². The van der Waals surface area contributed by atoms with E-state index in [0.29, 0.717) is 12.1 Å². The molecule has 0 fully saturated rings. The summed E-state index contributed by atoms with van der Waals surface area (Å²) in [6.45, 7) is 4.53. The fraction of sp³-hybridized carbons (Fsp3) is 0.400. The topological polar surface area (TPSA) is 56.7 Å². The number of aliphatic imine (C=N–C) groups is 1. The quantitative estimate of drug-likeness (QED) is 0.332. The zero-order valence-corrected chi connectivity index (χ0v) is 19.3. The maximum atomic E-state index is 11.7. The fourth-order valence-corrected chi connectivity index (χ4v) is 3.31. The number of hydrogen-bond acceptors (Lipinski definition) is 3. The Hall–Kier alpha value is -1.61. The van der Waals surface area contributed by atoms with E-state index in [1.54, 1.807) is 18.4 Å². The molecule has 7 heteroatoms. The molecule has 0 radical (unpaired) electrons. The van der Waals surface area contributed by atoms with Crippen molar-refractivity contribution in [2.75, 3.05) is 33.7 Å². The number of nitrogens with one attached hydrogen (secondary N) is 2. The van der Waals surface area contributed by atoms with Gasteiger partial charge in [-0.1, -0.05) is 18.2 Å². The second kappa shape index (κ2) is 12.7. The Kier molecular flexibility index (Phi) is 11.0. The molecule has 0 aliphatic heterocycles. The number of thiophene rings is 1. The number of carbonyl (C=O) groups excluding carboxylic acids is 1. The molecule has 0 aliphatic rings. The first-order valence-corrected chi connectivity index (χ1v) is 9.84. The van der Waals surface area contributed by atoms with Crippen molar-refractivity contribution in [3.63, 3.8) is 0 Å². The summed E-state index contributed by atoms with van der Waals surface area (Å²) in [6, 6.07) is 12.0. The summed E-state index contributed by atoms with van der Waals surface area (Å²) in [7, 11) is 3.72. The van der Waals surface area contributed by atoms with Crippen LogP contribution in [0.15, 0.2) is 46.8 Å². The van der Waals surface area contributed by atoms with E-state index >= 15 is 0 Å². The van der Waals surface area contributed by atoms with Crippen LogP contribution in [0, 0.1) is 0 Å². The van der Waals surface area contributed by atoms with Gasteiger partial charge in [0.25, 0.3) is 5.91 Å². The summed E-state index contributed by atoms with van der Waals surface area (Å²) >= 11 is 1.79. The van der Waals surface area contributed by atoms with Crippen molar-refractivity contribution < 1.29 is 4.79 Å². The standard InChI is InChI=1S/C20H28N4OS.HI/c1-4-22-20(24(3)13-11-18-9-6-14-26-18)23-12-10-16-7-5-8-17(15-16)19(25)21-2;/h5-9,14-15H,4,10-13H2,1-3H3,(H,21,25)(H,22,23);1H. The maximum Gasteiger partial charge on any atom is 0.251 e. The highest BCUT2D eigenvalue weighted by Gasteiger charge is 2.07. The molecule has 1 aromatic heterocycles. The van der Waals surface area contributed by atoms with Crippen molar-refractivity contribution in [3.8, 4) is 0 Å². The van der Waals surface area contributed by atoms with Crippen LogP contribution in [-0.2, 0) is 12.8 Å². The highest BCUT2D eigenvalue weighted by molar-refractivity contribution is 14.0. The number of amides is 1. The normalized spacial score (nSPS) is 10.9. The molecule has 0 unspecified atom stereocenters. The molecule has 2 N–H and O–H groups in total. The number of nitrogens with zero attached hydrogens (tertiary/aromatic N) is 2. The zero-order chi connectivity index (χ0) is 18.8. The Morgan fingerprint density at radius 1 is 1.22 bits per heavy atom. The largest absolute Gasteiger partial charge is 0.357 e. The van der Waals surface area contributed by atoms with Crippen LogP contribution >= 0.6 is 35.3 Å². The van der Waals surface area contributed by atoms with Crippen LogP contribution < -0.4 is 10.6 Å². The van der Waals surface area contributed by atoms with Crippen molar-refractivity contribution >= 4 is 47.2 Å². The molecule has 2 rings (SSSR count). The molecule has 1 heterocycles. The molecule has 0 atom stereocenters. The lowest BCUT2D eigenvalue weighted by molar-refractivity contribution is 0.0963. The predicted molar refractivity (Wildman–Crippen MR) is 126 cm³/mol. The van der Waals surface area contributed by atoms with Crippen LogP contribution in [0.4, 0.5) is 0 Å². The van der Waals surface area contributed by atoms with Gasteiger partial charge in [-0.2, -0.15) is 0 Å². The van der Waals surface area contributed by atoms with Crippen LogP contribution in [-0.4, -0.2) is 50.5 Å². The first kappa shape index (κ1) is 23.4. The number of hydrogen-bond donors (Lipinski definition) is 2. The Bertz CT molecular complexity index is 719. The van der Waals surface area contributed by atoms with E-state index in [0.717, 1.165) is 37.5 Å². The summed E-state index contributed by atoms with van der Waals surface area (Å²) in [4.78, 5) is 20.0. The van der Waals surface area contributed by atoms with Gasteiger partial charge in [0.1, 0.15) is 0 Å². The van der Waals surface area contributed by atoms with Crippen LogP contribution in [0.2, 0.25) is 0 Å². The van der Waals surface area contributed by atoms with Gasteiger partial charge in [0.05, 0.1) is 0 Å². The second-order valence-electron chi connectivity index (χ2n) is 6.02. The fourth-order valence-electron chi connectivity index (χ4n) is 2.61. The van der Waals surface area contributed by atoms with Gasteiger partial charge in [0.15, 0.2) is 5.96 Å². The van der Waals surface area contributed by atoms with E-state index in [9.17, 15) is 4.79 Å². The molecule has 1 aromatic carbocycles. The Labute approximate surface area is 183 Å². The minimum Gasteiger partial charge on any atom is -0.357 e. The first-order valence-electron chi connectivity index (χ1n) is 8.97. The second-order valence-corrected chi connectivity index (χ2v) is 7.05. The molecule has 5 nitrogen and oxygen atoms in total. The molecule has 2 aromatic rings. The van der Waals surface area contributed by atoms with E-state index < -0.39 is 0 Å². The smallest absolute Gasteiger partial charge is 0.251 e. The number of guanidine groups is 1. The van der Waals surface area contributed by atoms with Gasteiger partial charge < -0.3 is 15.5 Å². The van der Waals surface area contributed by atoms with Gasteiger partial charge >= 0.3 is 0 Å². The van der Waals surface area contributed by atoms with Crippen molar-refractivity contribution in [1.29, 1.82) is 0 Å². The summed E-state index contributed by atoms with van der Waals surface area (Å²) in [5.41, 5.74) is 1.81. The lowest BCUT2D eigenvalue weighted by atomic mass is 10.1. The van der Waals surface area contributed by atoms with Gasteiger partial charge in [0.2, 0.25) is 0 Å². The lowest BCUT2D eigenvalue weighted by Gasteiger charge is -2.21. The minimum atomic E-state index is -0.0583. The van der Waals surface area contributed by atoms with E-state index in [1.807, 2.05) is 24.3 Å². The van der Waals surface area contributed by atoms with E-state index in [2.05, 4.69) is 47.0 Å². The molecule has 1 amide bonds. The number of halogens is 1. The highest BCUT2D eigenvalue weighted by Crippen LogP contribution is 2.10. The van der Waals surface area contributed by atoms with Crippen molar-refractivity contribution in [1.82, 2.24) is 15.5 Å². The van der Waals surface area contributed by atoms with Gasteiger partial charge in [-0.05, 0) is 48.9 Å². The molecule has 0 saturated carbocycles. The van der Waals surface area contributed by atoms with Gasteiger partial charge in [-0.15, -0.1) is 35.3 Å². The predicted octanol–water partition coefficient (Wildman–Crippen LogP) is 3.41. The average molecular weight is 500 g/mol. The number of benzene rings is 1. The van der Waals surface area contributed by atoms with Crippen molar-refractivity contribution in [2.45, 2.75) is 19.8 Å². The van der Waals surface area contributed by atoms with Crippen LogP contribution in [0.25, 0.3) is 0 Å². The third kappa shape index (κ3) is 7.88. The Morgan fingerprint density at radius 3 is 2.70 bits per heavy atom. The third-order valence-electron chi connectivity index (χ3n) is 4.05. The maximum absolute atomic E-state index is 11.7. The zero-order valence-electron chi connectivity index (χ0n) is 16.2. The van der Waals surface area contributed by atoms with Gasteiger partial charge in [-0.25, -0.2) is 0 Å². The van der Waals surface area contributed by atoms with Crippen LogP contribution in [0.3, 0.4) is 0 Å². The molecule has 0 bridgehead atoms. The number of rotatable bonds is 8. The van der Waals surface area contributed by atoms with E-state index in [4.69, 9.17) is 4.99 Å². The Morgan fingerprint density at radius 2 is 2.04 bits per heavy atom. The molecule has 0 aliphatic carbocycles. The summed E-state index contributed by atoms with van der Waals surface area (Å²) in [6.07, 6.45) is 1.82. The molecule has 0 saturated heterocycles. The SMILES string of the molecule is CCNC(=NCCc1cccc(C(=O)NC)c1)N(C)CCc1cccs1.I. The molecule has 148 valence electrons. The number of likely N-dealkylation sites (N-methyl/N-ethyl adjacent to an activating group) is 1. The summed E-state index contributed by atoms with van der Waals surface area (Å²) in [5, 5.41) is 8.12. The molecular formula is C20H29IN4OS. The number of carbonyl (C=O) groups is 1. The molecular weight excluding hydrogens is 471 g/mol. The summed E-state index contributed by atoms with van der Waals surface area (Å²) < 4.78 is 0. The summed E-state index contributed by atoms with van der Waals surface area (Å²) in [5.74, 6) is 0.864. The van der Waals surface area contributed by atoms with E-state index in [1.165, 1.54) is 4.88 Å². The monoisotopic (exact) mass is 500 g/mol. The van der Waals surface area contributed by atoms with Gasteiger partial charge in [0, 0.05) is 44.2 Å². The van der Waals surface area contributed by atoms with E-state index in [-0.39, 0.29) is 29.9 Å². The highest BCUT2D eigenvalue weighted by atomic mass is 127. The Balaban J connectivity index is 0.00000364. The van der Waals surface area contributed by atoms with Crippen molar-refractivity contribution in [2.24, 2.45) is 4.99 Å².